The zero-order chi connectivity index (χ0) is 11.1. The monoisotopic (exact) mass is 227 g/mol. The highest BCUT2D eigenvalue weighted by molar-refractivity contribution is 6.31. The van der Waals surface area contributed by atoms with E-state index in [1.54, 1.807) is 13.0 Å². The average Bonchev–Trinajstić information content (AvgIpc) is 2.62. The van der Waals surface area contributed by atoms with Crippen LogP contribution < -0.4 is 5.32 Å². The first-order chi connectivity index (χ1) is 7.03. The highest BCUT2D eigenvalue weighted by atomic mass is 35.5. The first-order valence-corrected chi connectivity index (χ1v) is 5.62. The minimum atomic E-state index is -0.215. The van der Waals surface area contributed by atoms with Gasteiger partial charge >= 0.3 is 0 Å². The van der Waals surface area contributed by atoms with Crippen molar-refractivity contribution in [3.8, 4) is 0 Å². The van der Waals surface area contributed by atoms with E-state index in [0.717, 1.165) is 24.9 Å². The third-order valence-corrected chi connectivity index (χ3v) is 3.68. The van der Waals surface area contributed by atoms with Crippen molar-refractivity contribution in [1.29, 1.82) is 0 Å². The van der Waals surface area contributed by atoms with Gasteiger partial charge in [-0.2, -0.15) is 0 Å². The SMILES string of the molecule is Cc1c(F)cc(C2(C)CCCN2)cc1Cl. The van der Waals surface area contributed by atoms with E-state index < -0.39 is 0 Å². The first-order valence-electron chi connectivity index (χ1n) is 5.24. The molecule has 3 heteroatoms. The number of benzene rings is 1. The van der Waals surface area contributed by atoms with E-state index in [1.165, 1.54) is 0 Å². The average molecular weight is 228 g/mol. The standard InChI is InChI=1S/C12H15ClFN/c1-8-10(13)6-9(7-11(8)14)12(2)4-3-5-15-12/h6-7,15H,3-5H2,1-2H3. The number of rotatable bonds is 1. The maximum Gasteiger partial charge on any atom is 0.127 e. The van der Waals surface area contributed by atoms with Crippen molar-refractivity contribution in [2.24, 2.45) is 0 Å². The normalized spacial score (nSPS) is 25.9. The number of hydrogen-bond donors (Lipinski definition) is 1. The summed E-state index contributed by atoms with van der Waals surface area (Å²) in [6, 6.07) is 3.47. The van der Waals surface area contributed by atoms with Gasteiger partial charge in [0, 0.05) is 16.1 Å². The van der Waals surface area contributed by atoms with E-state index in [4.69, 9.17) is 11.6 Å². The predicted octanol–water partition coefficient (Wildman–Crippen LogP) is 3.39. The van der Waals surface area contributed by atoms with E-state index in [9.17, 15) is 4.39 Å². The van der Waals surface area contributed by atoms with Gasteiger partial charge in [-0.15, -0.1) is 0 Å². The Morgan fingerprint density at radius 3 is 2.73 bits per heavy atom. The Hall–Kier alpha value is -0.600. The van der Waals surface area contributed by atoms with Crippen LogP contribution in [0.3, 0.4) is 0 Å². The molecule has 1 unspecified atom stereocenters. The molecule has 1 heterocycles. The summed E-state index contributed by atoms with van der Waals surface area (Å²) >= 11 is 5.99. The second kappa shape index (κ2) is 3.76. The van der Waals surface area contributed by atoms with E-state index >= 15 is 0 Å². The molecule has 82 valence electrons. The molecule has 1 fully saturated rings. The molecule has 2 rings (SSSR count). The molecule has 0 radical (unpaired) electrons. The second-order valence-corrected chi connectivity index (χ2v) is 4.83. The second-order valence-electron chi connectivity index (χ2n) is 4.43. The van der Waals surface area contributed by atoms with Gasteiger partial charge in [0.2, 0.25) is 0 Å². The van der Waals surface area contributed by atoms with E-state index in [2.05, 4.69) is 12.2 Å². The van der Waals surface area contributed by atoms with Gasteiger partial charge in [0.1, 0.15) is 5.82 Å². The lowest BCUT2D eigenvalue weighted by Crippen LogP contribution is -2.33. The molecule has 1 aliphatic heterocycles. The quantitative estimate of drug-likeness (QED) is 0.776. The number of nitrogens with one attached hydrogen (secondary N) is 1. The summed E-state index contributed by atoms with van der Waals surface area (Å²) in [4.78, 5) is 0. The van der Waals surface area contributed by atoms with Crippen LogP contribution in [0.25, 0.3) is 0 Å². The zero-order valence-corrected chi connectivity index (χ0v) is 9.79. The van der Waals surface area contributed by atoms with Crippen LogP contribution in [0.4, 0.5) is 4.39 Å². The third kappa shape index (κ3) is 1.88. The molecule has 1 saturated heterocycles. The molecule has 0 aromatic heterocycles. The smallest absolute Gasteiger partial charge is 0.127 e. The lowest BCUT2D eigenvalue weighted by atomic mass is 9.90. The van der Waals surface area contributed by atoms with Crippen molar-refractivity contribution in [3.05, 3.63) is 34.1 Å². The number of halogens is 2. The summed E-state index contributed by atoms with van der Waals surface area (Å²) in [7, 11) is 0. The largest absolute Gasteiger partial charge is 0.308 e. The van der Waals surface area contributed by atoms with Gasteiger partial charge in [0.05, 0.1) is 0 Å². The maximum atomic E-state index is 13.6. The molecule has 0 bridgehead atoms. The van der Waals surface area contributed by atoms with Crippen molar-refractivity contribution in [2.45, 2.75) is 32.2 Å². The Morgan fingerprint density at radius 2 is 2.20 bits per heavy atom. The van der Waals surface area contributed by atoms with Crippen LogP contribution in [-0.2, 0) is 5.54 Å². The van der Waals surface area contributed by atoms with Crippen molar-refractivity contribution < 1.29 is 4.39 Å². The van der Waals surface area contributed by atoms with E-state index in [-0.39, 0.29) is 11.4 Å². The Balaban J connectivity index is 2.45. The Kier molecular flexibility index (Phi) is 2.73. The molecule has 0 amide bonds. The van der Waals surface area contributed by atoms with Gasteiger partial charge < -0.3 is 5.32 Å². The van der Waals surface area contributed by atoms with E-state index in [0.29, 0.717) is 10.6 Å². The minimum Gasteiger partial charge on any atom is -0.308 e. The molecule has 0 aliphatic carbocycles. The lowest BCUT2D eigenvalue weighted by molar-refractivity contribution is 0.431. The summed E-state index contributed by atoms with van der Waals surface area (Å²) in [6.07, 6.45) is 2.16. The van der Waals surface area contributed by atoms with Gasteiger partial charge in [0.25, 0.3) is 0 Å². The van der Waals surface area contributed by atoms with Gasteiger partial charge in [-0.05, 0) is 50.9 Å². The van der Waals surface area contributed by atoms with Crippen LogP contribution in [0.5, 0.6) is 0 Å². The van der Waals surface area contributed by atoms with Crippen molar-refractivity contribution in [2.75, 3.05) is 6.54 Å². The summed E-state index contributed by atoms with van der Waals surface area (Å²) in [5, 5.41) is 3.91. The Morgan fingerprint density at radius 1 is 1.47 bits per heavy atom. The lowest BCUT2D eigenvalue weighted by Gasteiger charge is -2.25. The fraction of sp³-hybridized carbons (Fsp3) is 0.500. The molecule has 1 aliphatic rings. The summed E-state index contributed by atoms with van der Waals surface area (Å²) in [6.45, 7) is 4.79. The van der Waals surface area contributed by atoms with Crippen LogP contribution in [0.15, 0.2) is 12.1 Å². The molecular formula is C12H15ClFN. The highest BCUT2D eigenvalue weighted by Gasteiger charge is 2.30. The van der Waals surface area contributed by atoms with Crippen LogP contribution in [0.1, 0.15) is 30.9 Å². The van der Waals surface area contributed by atoms with Crippen molar-refractivity contribution in [3.63, 3.8) is 0 Å². The third-order valence-electron chi connectivity index (χ3n) is 3.29. The van der Waals surface area contributed by atoms with Crippen LogP contribution in [0.2, 0.25) is 5.02 Å². The Labute approximate surface area is 94.6 Å². The minimum absolute atomic E-state index is 0.113. The maximum absolute atomic E-state index is 13.6. The highest BCUT2D eigenvalue weighted by Crippen LogP contribution is 2.33. The van der Waals surface area contributed by atoms with Gasteiger partial charge in [-0.1, -0.05) is 11.6 Å². The molecule has 1 atom stereocenters. The zero-order valence-electron chi connectivity index (χ0n) is 9.03. The summed E-state index contributed by atoms with van der Waals surface area (Å²) in [5.74, 6) is -0.215. The molecule has 1 nitrogen and oxygen atoms in total. The number of hydrogen-bond acceptors (Lipinski definition) is 1. The fourth-order valence-electron chi connectivity index (χ4n) is 2.10. The van der Waals surface area contributed by atoms with Crippen molar-refractivity contribution in [1.82, 2.24) is 5.32 Å². The van der Waals surface area contributed by atoms with Crippen LogP contribution in [-0.4, -0.2) is 6.54 Å². The predicted molar refractivity (Wildman–Crippen MR) is 60.7 cm³/mol. The molecule has 1 N–H and O–H groups in total. The molecule has 0 spiro atoms. The van der Waals surface area contributed by atoms with Crippen LogP contribution in [0, 0.1) is 12.7 Å². The van der Waals surface area contributed by atoms with Gasteiger partial charge in [-0.25, -0.2) is 4.39 Å². The van der Waals surface area contributed by atoms with Crippen molar-refractivity contribution >= 4 is 11.6 Å². The molecule has 1 aromatic rings. The van der Waals surface area contributed by atoms with Gasteiger partial charge in [-0.3, -0.25) is 0 Å². The molecule has 1 aromatic carbocycles. The summed E-state index contributed by atoms with van der Waals surface area (Å²) < 4.78 is 13.6. The Bertz CT molecular complexity index is 360. The summed E-state index contributed by atoms with van der Waals surface area (Å²) in [5.41, 5.74) is 1.37. The topological polar surface area (TPSA) is 12.0 Å². The molecule has 15 heavy (non-hydrogen) atoms. The van der Waals surface area contributed by atoms with Crippen LogP contribution >= 0.6 is 11.6 Å². The fourth-order valence-corrected chi connectivity index (χ4v) is 2.31. The van der Waals surface area contributed by atoms with Gasteiger partial charge in [0.15, 0.2) is 0 Å². The molecule has 0 saturated carbocycles. The molecular weight excluding hydrogens is 213 g/mol. The van der Waals surface area contributed by atoms with E-state index in [1.807, 2.05) is 6.07 Å². The first kappa shape index (κ1) is 10.9.